The Labute approximate surface area is 123 Å². The quantitative estimate of drug-likeness (QED) is 0.573. The summed E-state index contributed by atoms with van der Waals surface area (Å²) >= 11 is 11.8. The van der Waals surface area contributed by atoms with Gasteiger partial charge >= 0.3 is 0 Å². The zero-order valence-corrected chi connectivity index (χ0v) is 12.5. The van der Waals surface area contributed by atoms with Gasteiger partial charge in [-0.3, -0.25) is 4.79 Å². The van der Waals surface area contributed by atoms with E-state index >= 15 is 0 Å². The van der Waals surface area contributed by atoms with Gasteiger partial charge in [-0.05, 0) is 24.6 Å². The molecule has 0 heterocycles. The Hall–Kier alpha value is -0.610. The predicted octanol–water partition coefficient (Wildman–Crippen LogP) is 3.17. The van der Waals surface area contributed by atoms with E-state index in [-0.39, 0.29) is 18.3 Å². The summed E-state index contributed by atoms with van der Waals surface area (Å²) in [7, 11) is 0. The minimum Gasteiger partial charge on any atom is -0.395 e. The van der Waals surface area contributed by atoms with E-state index in [0.29, 0.717) is 28.7 Å². The molecule has 0 radical (unpaired) electrons. The number of benzene rings is 1. The summed E-state index contributed by atoms with van der Waals surface area (Å²) in [5, 5.41) is 12.7. The van der Waals surface area contributed by atoms with Crippen LogP contribution in [-0.2, 0) is 0 Å². The van der Waals surface area contributed by atoms with Crippen molar-refractivity contribution in [2.45, 2.75) is 19.8 Å². The first-order valence-corrected chi connectivity index (χ1v) is 7.16. The smallest absolute Gasteiger partial charge is 0.167 e. The zero-order chi connectivity index (χ0) is 14.3. The first kappa shape index (κ1) is 16.4. The van der Waals surface area contributed by atoms with Crippen LogP contribution >= 0.6 is 23.2 Å². The molecule has 106 valence electrons. The van der Waals surface area contributed by atoms with Crippen molar-refractivity contribution >= 4 is 29.0 Å². The normalized spacial score (nSPS) is 12.4. The number of hydrogen-bond acceptors (Lipinski definition) is 3. The van der Waals surface area contributed by atoms with Crippen LogP contribution < -0.4 is 5.32 Å². The average molecular weight is 304 g/mol. The third kappa shape index (κ3) is 5.11. The fourth-order valence-electron chi connectivity index (χ4n) is 1.91. The number of rotatable bonds is 8. The van der Waals surface area contributed by atoms with Gasteiger partial charge in [0.25, 0.3) is 0 Å². The molecule has 0 aliphatic carbocycles. The second kappa shape index (κ2) is 8.54. The molecule has 0 saturated heterocycles. The van der Waals surface area contributed by atoms with Gasteiger partial charge in [-0.2, -0.15) is 0 Å². The van der Waals surface area contributed by atoms with Gasteiger partial charge in [0.2, 0.25) is 0 Å². The van der Waals surface area contributed by atoms with Gasteiger partial charge < -0.3 is 10.4 Å². The molecule has 0 aromatic heterocycles. The van der Waals surface area contributed by atoms with E-state index in [9.17, 15) is 4.79 Å². The molecule has 1 aromatic rings. The van der Waals surface area contributed by atoms with Gasteiger partial charge in [-0.1, -0.05) is 36.5 Å². The highest BCUT2D eigenvalue weighted by Gasteiger charge is 2.19. The first-order valence-electron chi connectivity index (χ1n) is 6.41. The lowest BCUT2D eigenvalue weighted by Gasteiger charge is -2.16. The van der Waals surface area contributed by atoms with Crippen molar-refractivity contribution in [1.29, 1.82) is 0 Å². The van der Waals surface area contributed by atoms with Crippen molar-refractivity contribution in [3.8, 4) is 0 Å². The lowest BCUT2D eigenvalue weighted by atomic mass is 9.93. The Kier molecular flexibility index (Phi) is 7.39. The topological polar surface area (TPSA) is 49.3 Å². The molecule has 0 aliphatic rings. The highest BCUT2D eigenvalue weighted by Crippen LogP contribution is 2.24. The Morgan fingerprint density at radius 3 is 2.68 bits per heavy atom. The summed E-state index contributed by atoms with van der Waals surface area (Å²) in [4.78, 5) is 12.4. The molecule has 1 aromatic carbocycles. The van der Waals surface area contributed by atoms with Gasteiger partial charge in [-0.15, -0.1) is 0 Å². The standard InChI is InChI=1S/C14H19Cl2NO2/c1-2-3-11(9-17-6-7-18)14(19)10-4-5-12(15)13(16)8-10/h4-5,8,11,17-18H,2-3,6-7,9H2,1H3/t11-/m1/s1. The molecule has 0 saturated carbocycles. The summed E-state index contributed by atoms with van der Waals surface area (Å²) in [6.45, 7) is 3.17. The Bertz CT molecular complexity index is 424. The van der Waals surface area contributed by atoms with Crippen molar-refractivity contribution < 1.29 is 9.90 Å². The first-order chi connectivity index (χ1) is 9.10. The van der Waals surface area contributed by atoms with E-state index in [2.05, 4.69) is 5.32 Å². The van der Waals surface area contributed by atoms with Gasteiger partial charge in [0.15, 0.2) is 5.78 Å². The maximum absolute atomic E-state index is 12.4. The Morgan fingerprint density at radius 2 is 2.11 bits per heavy atom. The van der Waals surface area contributed by atoms with E-state index in [1.807, 2.05) is 6.92 Å². The second-order valence-corrected chi connectivity index (χ2v) is 5.22. The number of carbonyl (C=O) groups is 1. The van der Waals surface area contributed by atoms with Gasteiger partial charge in [0.1, 0.15) is 0 Å². The molecule has 0 bridgehead atoms. The highest BCUT2D eigenvalue weighted by atomic mass is 35.5. The molecule has 0 spiro atoms. The molecule has 0 amide bonds. The monoisotopic (exact) mass is 303 g/mol. The number of nitrogens with one attached hydrogen (secondary N) is 1. The maximum Gasteiger partial charge on any atom is 0.167 e. The van der Waals surface area contributed by atoms with Gasteiger partial charge in [-0.25, -0.2) is 0 Å². The number of carbonyl (C=O) groups excluding carboxylic acids is 1. The Balaban J connectivity index is 2.76. The van der Waals surface area contributed by atoms with Crippen LogP contribution in [0.25, 0.3) is 0 Å². The van der Waals surface area contributed by atoms with Crippen molar-refractivity contribution in [2.24, 2.45) is 5.92 Å². The molecule has 0 unspecified atom stereocenters. The van der Waals surface area contributed by atoms with Crippen LogP contribution in [0.1, 0.15) is 30.1 Å². The molecule has 5 heteroatoms. The summed E-state index contributed by atoms with van der Waals surface area (Å²) in [5.41, 5.74) is 0.582. The van der Waals surface area contributed by atoms with E-state index in [1.165, 1.54) is 0 Å². The Morgan fingerprint density at radius 1 is 1.37 bits per heavy atom. The molecule has 1 rings (SSSR count). The SMILES string of the molecule is CCC[C@H](CNCCO)C(=O)c1ccc(Cl)c(Cl)c1. The van der Waals surface area contributed by atoms with E-state index < -0.39 is 0 Å². The van der Waals surface area contributed by atoms with Crippen LogP contribution in [0.2, 0.25) is 10.0 Å². The number of hydrogen-bond donors (Lipinski definition) is 2. The van der Waals surface area contributed by atoms with Crippen LogP contribution in [0, 0.1) is 5.92 Å². The molecule has 2 N–H and O–H groups in total. The van der Waals surface area contributed by atoms with Crippen LogP contribution in [0.3, 0.4) is 0 Å². The summed E-state index contributed by atoms with van der Waals surface area (Å²) in [6, 6.07) is 4.95. The van der Waals surface area contributed by atoms with Crippen LogP contribution in [0.15, 0.2) is 18.2 Å². The largest absolute Gasteiger partial charge is 0.395 e. The average Bonchev–Trinajstić information content (AvgIpc) is 2.40. The van der Waals surface area contributed by atoms with Crippen LogP contribution in [0.5, 0.6) is 0 Å². The number of ketones is 1. The highest BCUT2D eigenvalue weighted by molar-refractivity contribution is 6.42. The molecule has 1 atom stereocenters. The van der Waals surface area contributed by atoms with E-state index in [4.69, 9.17) is 28.3 Å². The molecule has 0 fully saturated rings. The van der Waals surface area contributed by atoms with Crippen LogP contribution in [0.4, 0.5) is 0 Å². The number of aliphatic hydroxyl groups is 1. The second-order valence-electron chi connectivity index (χ2n) is 4.41. The minimum absolute atomic E-state index is 0.0610. The zero-order valence-electron chi connectivity index (χ0n) is 11.0. The number of halogens is 2. The van der Waals surface area contributed by atoms with Crippen molar-refractivity contribution in [1.82, 2.24) is 5.32 Å². The molecular weight excluding hydrogens is 285 g/mol. The lowest BCUT2D eigenvalue weighted by Crippen LogP contribution is -2.30. The van der Waals surface area contributed by atoms with E-state index in [0.717, 1.165) is 12.8 Å². The number of aliphatic hydroxyl groups excluding tert-OH is 1. The minimum atomic E-state index is -0.103. The molecule has 19 heavy (non-hydrogen) atoms. The molecular formula is C14H19Cl2NO2. The summed E-state index contributed by atoms with van der Waals surface area (Å²) in [6.07, 6.45) is 1.73. The lowest BCUT2D eigenvalue weighted by molar-refractivity contribution is 0.0910. The third-order valence-electron chi connectivity index (χ3n) is 2.89. The fraction of sp³-hybridized carbons (Fsp3) is 0.500. The maximum atomic E-state index is 12.4. The number of Topliss-reactive ketones (excluding diaryl/α,β-unsaturated/α-hetero) is 1. The molecule has 0 aliphatic heterocycles. The van der Waals surface area contributed by atoms with E-state index in [1.54, 1.807) is 18.2 Å². The van der Waals surface area contributed by atoms with Crippen LogP contribution in [-0.4, -0.2) is 30.6 Å². The van der Waals surface area contributed by atoms with Gasteiger partial charge in [0.05, 0.1) is 16.7 Å². The summed E-state index contributed by atoms with van der Waals surface area (Å²) in [5.74, 6) is -0.0420. The molecule has 3 nitrogen and oxygen atoms in total. The fourth-order valence-corrected chi connectivity index (χ4v) is 2.21. The predicted molar refractivity (Wildman–Crippen MR) is 79.1 cm³/mol. The third-order valence-corrected chi connectivity index (χ3v) is 3.63. The summed E-state index contributed by atoms with van der Waals surface area (Å²) < 4.78 is 0. The van der Waals surface area contributed by atoms with Crippen molar-refractivity contribution in [3.05, 3.63) is 33.8 Å². The van der Waals surface area contributed by atoms with Crippen molar-refractivity contribution in [3.63, 3.8) is 0 Å². The van der Waals surface area contributed by atoms with Gasteiger partial charge in [0, 0.05) is 24.6 Å². The van der Waals surface area contributed by atoms with Crippen molar-refractivity contribution in [2.75, 3.05) is 19.7 Å².